The summed E-state index contributed by atoms with van der Waals surface area (Å²) in [6.45, 7) is 7.31. The highest BCUT2D eigenvalue weighted by atomic mass is 32.1. The molecule has 10 heteroatoms. The predicted octanol–water partition coefficient (Wildman–Crippen LogP) is 4.80. The van der Waals surface area contributed by atoms with Gasteiger partial charge in [0.15, 0.2) is 0 Å². The lowest BCUT2D eigenvalue weighted by Gasteiger charge is -2.30. The van der Waals surface area contributed by atoms with Crippen LogP contribution < -0.4 is 5.32 Å². The number of aromatic nitrogens is 5. The number of nitrogens with one attached hydrogen (secondary N) is 2. The number of hydrogen-bond acceptors (Lipinski definition) is 9. The molecule has 1 aliphatic heterocycles. The molecule has 0 aliphatic carbocycles. The average Bonchev–Trinajstić information content (AvgIpc) is 3.46. The summed E-state index contributed by atoms with van der Waals surface area (Å²) in [6, 6.07) is 8.28. The Morgan fingerprint density at radius 3 is 3.00 bits per heavy atom. The largest absolute Gasteiger partial charge is 0.460 e. The van der Waals surface area contributed by atoms with Gasteiger partial charge in [-0.25, -0.2) is 24.7 Å². The van der Waals surface area contributed by atoms with E-state index in [2.05, 4.69) is 57.3 Å². The summed E-state index contributed by atoms with van der Waals surface area (Å²) in [5.41, 5.74) is 5.67. The van der Waals surface area contributed by atoms with Crippen molar-refractivity contribution in [2.75, 3.05) is 18.5 Å². The number of H-pyrrole nitrogens is 1. The third-order valence-corrected chi connectivity index (χ3v) is 7.43. The monoisotopic (exact) mass is 502 g/mol. The maximum Gasteiger partial charge on any atom is 0.376 e. The number of ether oxygens (including phenoxy) is 2. The number of benzene rings is 1. The van der Waals surface area contributed by atoms with Gasteiger partial charge in [0.05, 0.1) is 52.1 Å². The molecule has 2 N–H and O–H groups in total. The van der Waals surface area contributed by atoms with Crippen LogP contribution in [0.4, 0.5) is 5.82 Å². The second-order valence-electron chi connectivity index (χ2n) is 9.50. The van der Waals surface area contributed by atoms with Crippen molar-refractivity contribution in [3.63, 3.8) is 0 Å². The van der Waals surface area contributed by atoms with Crippen molar-refractivity contribution in [1.82, 2.24) is 24.9 Å². The van der Waals surface area contributed by atoms with Crippen molar-refractivity contribution in [1.29, 1.82) is 0 Å². The Hall–Kier alpha value is -3.63. The molecule has 0 spiro atoms. The van der Waals surface area contributed by atoms with Crippen LogP contribution in [0.5, 0.6) is 0 Å². The van der Waals surface area contributed by atoms with Gasteiger partial charge in [0.25, 0.3) is 0 Å². The Kier molecular flexibility index (Phi) is 5.57. The highest BCUT2D eigenvalue weighted by Gasteiger charge is 2.28. The third kappa shape index (κ3) is 4.16. The summed E-state index contributed by atoms with van der Waals surface area (Å²) in [5, 5.41) is 4.33. The lowest BCUT2D eigenvalue weighted by Crippen LogP contribution is -2.32. The number of esters is 1. The summed E-state index contributed by atoms with van der Waals surface area (Å²) >= 11 is 1.54. The fraction of sp³-hybridized carbons (Fsp3) is 0.346. The van der Waals surface area contributed by atoms with Crippen LogP contribution in [0, 0.1) is 0 Å². The zero-order valence-corrected chi connectivity index (χ0v) is 21.2. The number of pyridine rings is 1. The molecule has 0 saturated carbocycles. The Bertz CT molecular complexity index is 1620. The summed E-state index contributed by atoms with van der Waals surface area (Å²) in [5.74, 6) is 0.114. The molecule has 0 radical (unpaired) electrons. The van der Waals surface area contributed by atoms with Crippen molar-refractivity contribution < 1.29 is 14.3 Å². The van der Waals surface area contributed by atoms with Crippen molar-refractivity contribution in [3.8, 4) is 0 Å². The molecule has 5 heterocycles. The molecular formula is C26H26N6O3S. The minimum atomic E-state index is -0.540. The Morgan fingerprint density at radius 2 is 2.14 bits per heavy atom. The van der Waals surface area contributed by atoms with Crippen molar-refractivity contribution in [2.45, 2.75) is 45.8 Å². The summed E-state index contributed by atoms with van der Waals surface area (Å²) in [6.07, 6.45) is 3.21. The van der Waals surface area contributed by atoms with Crippen LogP contribution in [0.3, 0.4) is 0 Å². The molecular weight excluding hydrogens is 476 g/mol. The van der Waals surface area contributed by atoms with Gasteiger partial charge < -0.3 is 19.8 Å². The minimum Gasteiger partial charge on any atom is -0.460 e. The van der Waals surface area contributed by atoms with E-state index in [0.717, 1.165) is 55.6 Å². The molecule has 4 aromatic heterocycles. The van der Waals surface area contributed by atoms with Gasteiger partial charge in [0.2, 0.25) is 5.82 Å². The smallest absolute Gasteiger partial charge is 0.376 e. The molecule has 1 aromatic carbocycles. The Labute approximate surface area is 211 Å². The van der Waals surface area contributed by atoms with Gasteiger partial charge in [-0.3, -0.25) is 0 Å². The maximum atomic E-state index is 12.6. The fourth-order valence-corrected chi connectivity index (χ4v) is 5.60. The summed E-state index contributed by atoms with van der Waals surface area (Å²) < 4.78 is 12.1. The van der Waals surface area contributed by atoms with Gasteiger partial charge in [-0.2, -0.15) is 0 Å². The molecule has 0 saturated heterocycles. The number of anilines is 1. The number of rotatable bonds is 6. The molecule has 0 fully saturated rings. The SMILES string of the molecule is CCOC(=O)c1nc(NCCc2ccc3[nH]cnc3c2)c2sc3nc4c(cc3c2n1)COC(C)(C)C4. The molecule has 0 atom stereocenters. The van der Waals surface area contributed by atoms with E-state index in [-0.39, 0.29) is 18.0 Å². The average molecular weight is 503 g/mol. The molecule has 36 heavy (non-hydrogen) atoms. The lowest BCUT2D eigenvalue weighted by atomic mass is 9.95. The summed E-state index contributed by atoms with van der Waals surface area (Å²) in [4.78, 5) is 35.0. The van der Waals surface area contributed by atoms with Crippen LogP contribution in [0.2, 0.25) is 0 Å². The van der Waals surface area contributed by atoms with E-state index in [1.807, 2.05) is 6.07 Å². The number of hydrogen-bond donors (Lipinski definition) is 2. The summed E-state index contributed by atoms with van der Waals surface area (Å²) in [7, 11) is 0. The fourth-order valence-electron chi connectivity index (χ4n) is 4.52. The van der Waals surface area contributed by atoms with E-state index in [1.165, 1.54) is 11.3 Å². The van der Waals surface area contributed by atoms with Crippen molar-refractivity contribution in [3.05, 3.63) is 53.2 Å². The first kappa shape index (κ1) is 22.8. The predicted molar refractivity (Wildman–Crippen MR) is 140 cm³/mol. The van der Waals surface area contributed by atoms with Crippen LogP contribution in [-0.2, 0) is 28.9 Å². The zero-order chi connectivity index (χ0) is 24.9. The van der Waals surface area contributed by atoms with E-state index < -0.39 is 5.97 Å². The lowest BCUT2D eigenvalue weighted by molar-refractivity contribution is -0.0411. The van der Waals surface area contributed by atoms with Crippen LogP contribution in [-0.4, -0.2) is 49.6 Å². The van der Waals surface area contributed by atoms with Gasteiger partial charge in [-0.15, -0.1) is 11.3 Å². The number of thiophene rings is 1. The Balaban J connectivity index is 1.37. The first-order valence-corrected chi connectivity index (χ1v) is 12.8. The highest BCUT2D eigenvalue weighted by molar-refractivity contribution is 7.25. The van der Waals surface area contributed by atoms with Gasteiger partial charge in [-0.1, -0.05) is 6.07 Å². The first-order chi connectivity index (χ1) is 17.4. The number of imidazole rings is 1. The Morgan fingerprint density at radius 1 is 1.25 bits per heavy atom. The molecule has 1 aliphatic rings. The topological polar surface area (TPSA) is 115 Å². The van der Waals surface area contributed by atoms with Gasteiger partial charge >= 0.3 is 5.97 Å². The second kappa shape index (κ2) is 8.79. The highest BCUT2D eigenvalue weighted by Crippen LogP contribution is 2.38. The van der Waals surface area contributed by atoms with Gasteiger partial charge in [-0.05, 0) is 51.0 Å². The second-order valence-corrected chi connectivity index (χ2v) is 10.5. The van der Waals surface area contributed by atoms with E-state index in [0.29, 0.717) is 24.5 Å². The third-order valence-electron chi connectivity index (χ3n) is 6.34. The first-order valence-electron chi connectivity index (χ1n) is 12.0. The van der Waals surface area contributed by atoms with Gasteiger partial charge in [0, 0.05) is 23.9 Å². The molecule has 0 amide bonds. The molecule has 0 bridgehead atoms. The van der Waals surface area contributed by atoms with Crippen LogP contribution in [0.1, 0.15) is 48.2 Å². The minimum absolute atomic E-state index is 0.0413. The van der Waals surface area contributed by atoms with Crippen molar-refractivity contribution in [2.24, 2.45) is 0 Å². The van der Waals surface area contributed by atoms with E-state index in [4.69, 9.17) is 14.5 Å². The van der Waals surface area contributed by atoms with Gasteiger partial charge in [0.1, 0.15) is 10.6 Å². The number of nitrogens with zero attached hydrogens (tertiary/aromatic N) is 4. The number of fused-ring (bicyclic) bond motifs is 5. The van der Waals surface area contributed by atoms with E-state index in [9.17, 15) is 4.79 Å². The maximum absolute atomic E-state index is 12.6. The van der Waals surface area contributed by atoms with E-state index in [1.54, 1.807) is 13.3 Å². The van der Waals surface area contributed by atoms with E-state index >= 15 is 0 Å². The zero-order valence-electron chi connectivity index (χ0n) is 20.3. The normalized spacial score (nSPS) is 14.9. The molecule has 0 unspecified atom stereocenters. The van der Waals surface area contributed by atoms with Crippen LogP contribution in [0.15, 0.2) is 30.6 Å². The molecule has 9 nitrogen and oxygen atoms in total. The standard InChI is InChI=1S/C26H26N6O3S/c1-4-34-25(33)23-31-20-16-10-15-12-35-26(2,3)11-19(15)30-24(16)36-21(20)22(32-23)27-8-7-14-5-6-17-18(9-14)29-13-28-17/h5-6,9-10,13H,4,7-8,11-12H2,1-3H3,(H,28,29)(H,27,31,32). The molecule has 5 aromatic rings. The van der Waals surface area contributed by atoms with Crippen molar-refractivity contribution >= 4 is 54.6 Å². The number of aromatic amines is 1. The number of carbonyl (C=O) groups excluding carboxylic acids is 1. The molecule has 6 rings (SSSR count). The van der Waals surface area contributed by atoms with Crippen LogP contribution in [0.25, 0.3) is 31.5 Å². The number of carbonyl (C=O) groups is 1. The van der Waals surface area contributed by atoms with Crippen LogP contribution >= 0.6 is 11.3 Å². The quantitative estimate of drug-likeness (QED) is 0.318. The molecule has 184 valence electrons.